The molecular formula is C42H34BNO2Si2. The number of hydrogen-bond acceptors (Lipinski definition) is 2. The molecule has 0 N–H and O–H groups in total. The molecule has 6 heterocycles. The van der Waals surface area contributed by atoms with Gasteiger partial charge in [0.2, 0.25) is 0 Å². The number of benzene rings is 6. The van der Waals surface area contributed by atoms with E-state index in [-0.39, 0.29) is 6.71 Å². The number of fused-ring (bicyclic) bond motifs is 9. The van der Waals surface area contributed by atoms with E-state index in [9.17, 15) is 0 Å². The molecule has 0 unspecified atom stereocenters. The van der Waals surface area contributed by atoms with Crippen LogP contribution in [0.5, 0.6) is 23.0 Å². The van der Waals surface area contributed by atoms with Crippen LogP contribution < -0.4 is 36.2 Å². The molecule has 1 fully saturated rings. The van der Waals surface area contributed by atoms with Crippen LogP contribution in [-0.2, 0) is 0 Å². The van der Waals surface area contributed by atoms with Crippen LogP contribution in [-0.4, -0.2) is 27.4 Å². The van der Waals surface area contributed by atoms with Gasteiger partial charge in [-0.3, -0.25) is 0 Å². The van der Waals surface area contributed by atoms with Gasteiger partial charge in [0.15, 0.2) is 0 Å². The highest BCUT2D eigenvalue weighted by atomic mass is 28.3. The smallest absolute Gasteiger partial charge is 0.260 e. The number of aromatic nitrogens is 1. The molecule has 1 saturated heterocycles. The molecule has 5 aliphatic heterocycles. The van der Waals surface area contributed by atoms with Crippen molar-refractivity contribution < 1.29 is 9.47 Å². The molecule has 0 saturated carbocycles. The van der Waals surface area contributed by atoms with Crippen LogP contribution in [0.4, 0.5) is 0 Å². The monoisotopic (exact) mass is 651 g/mol. The highest BCUT2D eigenvalue weighted by Gasteiger charge is 2.50. The quantitative estimate of drug-likeness (QED) is 0.178. The maximum Gasteiger partial charge on any atom is 0.260 e. The molecule has 0 aliphatic carbocycles. The third kappa shape index (κ3) is 3.54. The summed E-state index contributed by atoms with van der Waals surface area (Å²) in [6.45, 7) is 5.39. The molecule has 2 bridgehead atoms. The lowest BCUT2D eigenvalue weighted by atomic mass is 9.35. The molecule has 0 atom stereocenters. The first-order chi connectivity index (χ1) is 23.5. The van der Waals surface area contributed by atoms with Gasteiger partial charge in [0.1, 0.15) is 23.0 Å². The zero-order chi connectivity index (χ0) is 31.8. The van der Waals surface area contributed by atoms with E-state index in [1.54, 1.807) is 10.4 Å². The van der Waals surface area contributed by atoms with Gasteiger partial charge in [-0.15, -0.1) is 0 Å². The molecule has 7 aromatic rings. The normalized spacial score (nSPS) is 21.2. The summed E-state index contributed by atoms with van der Waals surface area (Å²) in [5.41, 5.74) is 9.75. The van der Waals surface area contributed by atoms with E-state index in [0.29, 0.717) is 0 Å². The average Bonchev–Trinajstić information content (AvgIpc) is 3.46. The maximum absolute atomic E-state index is 6.80. The Kier molecular flexibility index (Phi) is 5.34. The van der Waals surface area contributed by atoms with Crippen molar-refractivity contribution in [1.29, 1.82) is 0 Å². The van der Waals surface area contributed by atoms with E-state index in [0.717, 1.165) is 34.0 Å². The van der Waals surface area contributed by atoms with Crippen molar-refractivity contribution in [2.75, 3.05) is 0 Å². The fraction of sp³-hybridized carbons (Fsp3) is 0.143. The molecule has 230 valence electrons. The van der Waals surface area contributed by atoms with Crippen molar-refractivity contribution in [1.82, 2.24) is 4.57 Å². The zero-order valence-electron chi connectivity index (χ0n) is 27.2. The van der Waals surface area contributed by atoms with Crippen LogP contribution in [0.25, 0.3) is 38.6 Å². The second-order valence-corrected chi connectivity index (χ2v) is 24.3. The van der Waals surface area contributed by atoms with Gasteiger partial charge in [-0.25, -0.2) is 0 Å². The summed E-state index contributed by atoms with van der Waals surface area (Å²) >= 11 is 0. The topological polar surface area (TPSA) is 23.4 Å². The lowest BCUT2D eigenvalue weighted by molar-refractivity contribution is 0.465. The van der Waals surface area contributed by atoms with E-state index in [2.05, 4.69) is 139 Å². The van der Waals surface area contributed by atoms with E-state index < -0.39 is 16.1 Å². The lowest BCUT2D eigenvalue weighted by Gasteiger charge is -2.50. The van der Waals surface area contributed by atoms with Gasteiger partial charge >= 0.3 is 0 Å². The van der Waals surface area contributed by atoms with Crippen LogP contribution in [0.2, 0.25) is 37.3 Å². The third-order valence-electron chi connectivity index (χ3n) is 12.3. The molecule has 48 heavy (non-hydrogen) atoms. The summed E-state index contributed by atoms with van der Waals surface area (Å²) in [5.74, 6) is 3.66. The summed E-state index contributed by atoms with van der Waals surface area (Å²) in [7, 11) is -3.14. The molecule has 3 nitrogen and oxygen atoms in total. The summed E-state index contributed by atoms with van der Waals surface area (Å²) in [6.07, 6.45) is 0. The van der Waals surface area contributed by atoms with Crippen molar-refractivity contribution in [2.24, 2.45) is 0 Å². The number of ether oxygens (including phenoxy) is 2. The van der Waals surface area contributed by atoms with E-state index in [1.807, 2.05) is 0 Å². The summed E-state index contributed by atoms with van der Waals surface area (Å²) in [5, 5.41) is 6.04. The Hall–Kier alpha value is -4.78. The highest BCUT2D eigenvalue weighted by Crippen LogP contribution is 2.45. The molecule has 1 aromatic heterocycles. The van der Waals surface area contributed by atoms with E-state index in [4.69, 9.17) is 9.47 Å². The van der Waals surface area contributed by atoms with Crippen LogP contribution in [0, 0.1) is 0 Å². The Morgan fingerprint density at radius 3 is 1.58 bits per heavy atom. The van der Waals surface area contributed by atoms with Crippen LogP contribution in [0.15, 0.2) is 121 Å². The fourth-order valence-corrected chi connectivity index (χ4v) is 24.3. The summed E-state index contributed by atoms with van der Waals surface area (Å²) in [6, 6.07) is 50.5. The van der Waals surface area contributed by atoms with Crippen molar-refractivity contribution in [2.45, 2.75) is 37.3 Å². The summed E-state index contributed by atoms with van der Waals surface area (Å²) in [4.78, 5) is 0. The van der Waals surface area contributed by atoms with Gasteiger partial charge < -0.3 is 14.0 Å². The van der Waals surface area contributed by atoms with Crippen molar-refractivity contribution in [3.63, 3.8) is 0 Å². The number of para-hydroxylation sites is 4. The Morgan fingerprint density at radius 1 is 0.542 bits per heavy atom. The second kappa shape index (κ2) is 9.43. The first-order valence-electron chi connectivity index (χ1n) is 17.4. The number of rotatable bonds is 2. The Bertz CT molecular complexity index is 2400. The van der Waals surface area contributed by atoms with Crippen LogP contribution in [0.3, 0.4) is 0 Å². The molecule has 12 rings (SSSR count). The van der Waals surface area contributed by atoms with Crippen LogP contribution >= 0.6 is 0 Å². The molecule has 0 amide bonds. The Morgan fingerprint density at radius 2 is 1.02 bits per heavy atom. The first kappa shape index (κ1) is 27.2. The lowest BCUT2D eigenvalue weighted by Crippen LogP contribution is -2.70. The van der Waals surface area contributed by atoms with Gasteiger partial charge in [0.05, 0.1) is 32.9 Å². The average molecular weight is 652 g/mol. The molecule has 0 spiro atoms. The van der Waals surface area contributed by atoms with Gasteiger partial charge in [0, 0.05) is 21.8 Å². The van der Waals surface area contributed by atoms with Gasteiger partial charge in [-0.05, 0) is 59.0 Å². The van der Waals surface area contributed by atoms with E-state index in [1.165, 1.54) is 68.2 Å². The Balaban J connectivity index is 1.23. The van der Waals surface area contributed by atoms with Crippen molar-refractivity contribution >= 4 is 71.4 Å². The van der Waals surface area contributed by atoms with Crippen LogP contribution in [0.1, 0.15) is 0 Å². The first-order valence-corrected chi connectivity index (χ1v) is 23.2. The van der Waals surface area contributed by atoms with Crippen molar-refractivity contribution in [3.05, 3.63) is 121 Å². The predicted octanol–water partition coefficient (Wildman–Crippen LogP) is 7.78. The number of nitrogens with zero attached hydrogens (tertiary/aromatic N) is 1. The largest absolute Gasteiger partial charge is 0.458 e. The fourth-order valence-electron chi connectivity index (χ4n) is 9.63. The minimum atomic E-state index is -1.57. The SMILES string of the molecule is C[Si]12CC[Si](C)(CC1)c1cc(-n3c4ccccc4c4ccccc43)c(-c3cc4c5c(c3)Oc3ccccc3B5c3ccccc3O4)cc12. The summed E-state index contributed by atoms with van der Waals surface area (Å²) < 4.78 is 16.1. The van der Waals surface area contributed by atoms with Gasteiger partial charge in [-0.1, -0.05) is 127 Å². The van der Waals surface area contributed by atoms with Gasteiger partial charge in [0.25, 0.3) is 6.71 Å². The van der Waals surface area contributed by atoms with Crippen molar-refractivity contribution in [3.8, 4) is 39.8 Å². The molecular weight excluding hydrogens is 617 g/mol. The standard InChI is InChI=1S/C42H34BNO2Si2/c1-47-19-21-48(2,22-20-47)41-26-35(44-33-15-7-3-11-28(33)29-12-4-8-16-34(29)44)30(25-40(41)47)27-23-38-42-39(24-27)46-37-18-10-6-14-32(37)43(42)31-13-5-9-17-36(31)45-38/h3-18,23-26H,19-22H2,1-2H3. The molecule has 5 aliphatic rings. The van der Waals surface area contributed by atoms with Gasteiger partial charge in [-0.2, -0.15) is 0 Å². The molecule has 0 radical (unpaired) electrons. The van der Waals surface area contributed by atoms with E-state index >= 15 is 0 Å². The Labute approximate surface area is 282 Å². The zero-order valence-corrected chi connectivity index (χ0v) is 29.2. The minimum absolute atomic E-state index is 0.0762. The predicted molar refractivity (Wildman–Crippen MR) is 206 cm³/mol. The maximum atomic E-state index is 6.80. The second-order valence-electron chi connectivity index (χ2n) is 15.0. The highest BCUT2D eigenvalue weighted by molar-refractivity contribution is 7.08. The minimum Gasteiger partial charge on any atom is -0.458 e. The molecule has 6 heteroatoms. The third-order valence-corrected chi connectivity index (χ3v) is 22.4. The number of hydrogen-bond donors (Lipinski definition) is 0. The molecule has 6 aromatic carbocycles.